The predicted molar refractivity (Wildman–Crippen MR) is 116 cm³/mol. The second-order valence-electron chi connectivity index (χ2n) is 6.46. The van der Waals surface area contributed by atoms with Gasteiger partial charge in [0.15, 0.2) is 5.82 Å². The Bertz CT molecular complexity index is 1150. The second kappa shape index (κ2) is 8.46. The summed E-state index contributed by atoms with van der Waals surface area (Å²) < 4.78 is 13.3. The summed E-state index contributed by atoms with van der Waals surface area (Å²) in [6.07, 6.45) is 4.99. The third-order valence-corrected chi connectivity index (χ3v) is 5.29. The Labute approximate surface area is 176 Å². The van der Waals surface area contributed by atoms with Gasteiger partial charge in [-0.05, 0) is 60.7 Å². The number of imide groups is 1. The smallest absolute Gasteiger partial charge is 0.290 e. The van der Waals surface area contributed by atoms with Gasteiger partial charge in [0, 0.05) is 17.8 Å². The number of thioether (sulfide) groups is 1. The first-order valence-electron chi connectivity index (χ1n) is 9.24. The Hall–Kier alpha value is -3.52. The lowest BCUT2D eigenvalue weighted by Gasteiger charge is -2.22. The van der Waals surface area contributed by atoms with Crippen molar-refractivity contribution in [2.45, 2.75) is 6.92 Å². The number of carbonyl (C=O) groups is 2. The minimum atomic E-state index is -0.393. The Balaban J connectivity index is 1.65. The number of benzene rings is 2. The first-order chi connectivity index (χ1) is 14.5. The number of amides is 2. The number of halogens is 1. The van der Waals surface area contributed by atoms with Crippen molar-refractivity contribution in [3.8, 4) is 11.3 Å². The monoisotopic (exact) mass is 420 g/mol. The minimum Gasteiger partial charge on any atom is -0.325 e. The molecule has 1 N–H and O–H groups in total. The van der Waals surface area contributed by atoms with Gasteiger partial charge >= 0.3 is 0 Å². The molecule has 0 saturated carbocycles. The average molecular weight is 420 g/mol. The maximum Gasteiger partial charge on any atom is 0.290 e. The number of anilines is 2. The van der Waals surface area contributed by atoms with Gasteiger partial charge in [0.2, 0.25) is 0 Å². The zero-order valence-electron chi connectivity index (χ0n) is 16.0. The molecule has 2 heterocycles. The maximum atomic E-state index is 13.3. The standard InChI is InChI=1S/C22H17FN4O2S/c1-2-27(17-8-6-16(23)7-9-17)20-13-24-12-18(25-20)15-5-3-4-14(10-15)11-19-21(28)26-22(29)30-19/h3-13H,2H2,1H3,(H,26,28,29)/b19-11-. The van der Waals surface area contributed by atoms with E-state index in [0.29, 0.717) is 23.0 Å². The molecule has 1 aliphatic rings. The first-order valence-corrected chi connectivity index (χ1v) is 10.1. The Morgan fingerprint density at radius 3 is 2.63 bits per heavy atom. The van der Waals surface area contributed by atoms with Crippen molar-refractivity contribution in [2.75, 3.05) is 11.4 Å². The zero-order valence-corrected chi connectivity index (χ0v) is 16.8. The molecule has 1 aliphatic heterocycles. The van der Waals surface area contributed by atoms with Gasteiger partial charge in [-0.2, -0.15) is 0 Å². The molecule has 0 aliphatic carbocycles. The molecule has 0 radical (unpaired) electrons. The van der Waals surface area contributed by atoms with Crippen molar-refractivity contribution in [1.82, 2.24) is 15.3 Å². The quantitative estimate of drug-likeness (QED) is 0.600. The molecule has 1 aromatic heterocycles. The SMILES string of the molecule is CCN(c1ccc(F)cc1)c1cncc(-c2cccc(/C=C3\SC(=O)NC3=O)c2)n1. The number of hydrogen-bond acceptors (Lipinski definition) is 6. The number of rotatable bonds is 5. The average Bonchev–Trinajstić information content (AvgIpc) is 3.07. The maximum absolute atomic E-state index is 13.3. The van der Waals surface area contributed by atoms with E-state index in [-0.39, 0.29) is 11.1 Å². The molecule has 4 rings (SSSR count). The highest BCUT2D eigenvalue weighted by Crippen LogP contribution is 2.28. The van der Waals surface area contributed by atoms with E-state index in [1.165, 1.54) is 12.1 Å². The van der Waals surface area contributed by atoms with Crippen molar-refractivity contribution in [2.24, 2.45) is 0 Å². The molecule has 0 atom stereocenters. The van der Waals surface area contributed by atoms with E-state index >= 15 is 0 Å². The van der Waals surface area contributed by atoms with E-state index in [2.05, 4.69) is 10.3 Å². The van der Waals surface area contributed by atoms with Gasteiger partial charge in [-0.1, -0.05) is 18.2 Å². The Morgan fingerprint density at radius 1 is 1.13 bits per heavy atom. The van der Waals surface area contributed by atoms with Crippen LogP contribution in [0.4, 0.5) is 20.7 Å². The molecule has 150 valence electrons. The summed E-state index contributed by atoms with van der Waals surface area (Å²) in [5.74, 6) is -0.0480. The lowest BCUT2D eigenvalue weighted by molar-refractivity contribution is -0.115. The number of aromatic nitrogens is 2. The van der Waals surface area contributed by atoms with Crippen LogP contribution in [-0.4, -0.2) is 27.7 Å². The summed E-state index contributed by atoms with van der Waals surface area (Å²) in [5, 5.41) is 1.87. The van der Waals surface area contributed by atoms with E-state index in [4.69, 9.17) is 4.98 Å². The highest BCUT2D eigenvalue weighted by atomic mass is 32.2. The normalized spacial score (nSPS) is 14.8. The minimum absolute atomic E-state index is 0.295. The molecule has 0 bridgehead atoms. The zero-order chi connectivity index (χ0) is 21.1. The van der Waals surface area contributed by atoms with Crippen LogP contribution in [-0.2, 0) is 4.79 Å². The van der Waals surface area contributed by atoms with Crippen LogP contribution in [0.15, 0.2) is 65.8 Å². The highest BCUT2D eigenvalue weighted by Gasteiger charge is 2.24. The first kappa shape index (κ1) is 19.8. The molecule has 2 aromatic carbocycles. The van der Waals surface area contributed by atoms with E-state index < -0.39 is 5.91 Å². The third-order valence-electron chi connectivity index (χ3n) is 4.48. The summed E-state index contributed by atoms with van der Waals surface area (Å²) in [6, 6.07) is 13.7. The number of nitrogens with one attached hydrogen (secondary N) is 1. The fourth-order valence-corrected chi connectivity index (χ4v) is 3.77. The van der Waals surface area contributed by atoms with Crippen LogP contribution in [0.3, 0.4) is 0 Å². The Morgan fingerprint density at radius 2 is 1.93 bits per heavy atom. The van der Waals surface area contributed by atoms with Gasteiger partial charge < -0.3 is 4.90 Å². The highest BCUT2D eigenvalue weighted by molar-refractivity contribution is 8.18. The van der Waals surface area contributed by atoms with E-state index in [1.54, 1.807) is 30.6 Å². The molecule has 3 aromatic rings. The van der Waals surface area contributed by atoms with Crippen molar-refractivity contribution < 1.29 is 14.0 Å². The Kier molecular flexibility index (Phi) is 5.58. The fraction of sp³-hybridized carbons (Fsp3) is 0.0909. The molecule has 0 spiro atoms. The summed E-state index contributed by atoms with van der Waals surface area (Å²) in [7, 11) is 0. The van der Waals surface area contributed by atoms with Gasteiger partial charge in [-0.3, -0.25) is 19.9 Å². The molecule has 1 fully saturated rings. The summed E-state index contributed by atoms with van der Waals surface area (Å²) in [6.45, 7) is 2.62. The van der Waals surface area contributed by atoms with Crippen molar-refractivity contribution in [1.29, 1.82) is 0 Å². The van der Waals surface area contributed by atoms with Crippen LogP contribution < -0.4 is 10.2 Å². The molecular formula is C22H17FN4O2S. The van der Waals surface area contributed by atoms with E-state index in [9.17, 15) is 14.0 Å². The van der Waals surface area contributed by atoms with Gasteiger partial charge in [-0.25, -0.2) is 9.37 Å². The fourth-order valence-electron chi connectivity index (χ4n) is 3.08. The summed E-state index contributed by atoms with van der Waals surface area (Å²) in [4.78, 5) is 34.5. The van der Waals surface area contributed by atoms with Crippen LogP contribution in [0.25, 0.3) is 17.3 Å². The lowest BCUT2D eigenvalue weighted by Crippen LogP contribution is -2.17. The number of hydrogen-bond donors (Lipinski definition) is 1. The number of nitrogens with zero attached hydrogens (tertiary/aromatic N) is 3. The van der Waals surface area contributed by atoms with Crippen LogP contribution >= 0.6 is 11.8 Å². The van der Waals surface area contributed by atoms with Crippen molar-refractivity contribution in [3.05, 3.63) is 77.2 Å². The van der Waals surface area contributed by atoms with Gasteiger partial charge in [0.25, 0.3) is 11.1 Å². The summed E-state index contributed by atoms with van der Waals surface area (Å²) in [5.41, 5.74) is 3.08. The predicted octanol–water partition coefficient (Wildman–Crippen LogP) is 4.76. The third kappa shape index (κ3) is 4.23. The molecule has 1 saturated heterocycles. The lowest BCUT2D eigenvalue weighted by atomic mass is 10.1. The van der Waals surface area contributed by atoms with Crippen LogP contribution in [0, 0.1) is 5.82 Å². The number of carbonyl (C=O) groups excluding carboxylic acids is 2. The van der Waals surface area contributed by atoms with Gasteiger partial charge in [0.1, 0.15) is 5.82 Å². The molecule has 0 unspecified atom stereocenters. The molecule has 6 nitrogen and oxygen atoms in total. The van der Waals surface area contributed by atoms with Crippen LogP contribution in [0.1, 0.15) is 12.5 Å². The van der Waals surface area contributed by atoms with Crippen LogP contribution in [0.2, 0.25) is 0 Å². The molecule has 30 heavy (non-hydrogen) atoms. The molecule has 8 heteroatoms. The van der Waals surface area contributed by atoms with E-state index in [1.807, 2.05) is 36.1 Å². The largest absolute Gasteiger partial charge is 0.325 e. The van der Waals surface area contributed by atoms with Gasteiger partial charge in [-0.15, -0.1) is 0 Å². The van der Waals surface area contributed by atoms with Crippen molar-refractivity contribution >= 4 is 40.5 Å². The molecular weight excluding hydrogens is 403 g/mol. The van der Waals surface area contributed by atoms with Crippen LogP contribution in [0.5, 0.6) is 0 Å². The second-order valence-corrected chi connectivity index (χ2v) is 7.48. The van der Waals surface area contributed by atoms with Gasteiger partial charge in [0.05, 0.1) is 23.0 Å². The summed E-state index contributed by atoms with van der Waals surface area (Å²) >= 11 is 0.878. The topological polar surface area (TPSA) is 75.2 Å². The molecule has 2 amide bonds. The van der Waals surface area contributed by atoms with Crippen molar-refractivity contribution in [3.63, 3.8) is 0 Å². The van der Waals surface area contributed by atoms with E-state index in [0.717, 1.165) is 28.6 Å².